The second-order valence-electron chi connectivity index (χ2n) is 5.02. The summed E-state index contributed by atoms with van der Waals surface area (Å²) in [5.41, 5.74) is 2.02. The number of nitrogens with zero attached hydrogens (tertiary/aromatic N) is 1. The molecular weight excluding hydrogens is 260 g/mol. The number of aromatic nitrogens is 1. The monoisotopic (exact) mass is 278 g/mol. The molecule has 3 nitrogen and oxygen atoms in total. The van der Waals surface area contributed by atoms with Gasteiger partial charge in [0.2, 0.25) is 0 Å². The van der Waals surface area contributed by atoms with Crippen LogP contribution in [0, 0.1) is 5.92 Å². The van der Waals surface area contributed by atoms with Crippen LogP contribution in [-0.2, 0) is 6.54 Å². The smallest absolute Gasteiger partial charge is 0.0761 e. The summed E-state index contributed by atoms with van der Waals surface area (Å²) in [7, 11) is 0. The lowest BCUT2D eigenvalue weighted by atomic mass is 10.0. The predicted molar refractivity (Wildman–Crippen MR) is 79.3 cm³/mol. The molecule has 0 amide bonds. The number of nitrogens with one attached hydrogen (secondary N) is 1. The molecule has 2 aromatic rings. The van der Waals surface area contributed by atoms with Gasteiger partial charge in [-0.15, -0.1) is 0 Å². The third-order valence-corrected chi connectivity index (χ3v) is 3.69. The lowest BCUT2D eigenvalue weighted by molar-refractivity contribution is 0.210. The minimum atomic E-state index is 0.0921. The van der Waals surface area contributed by atoms with E-state index < -0.39 is 0 Å². The summed E-state index contributed by atoms with van der Waals surface area (Å²) < 4.78 is 0. The van der Waals surface area contributed by atoms with Gasteiger partial charge in [0, 0.05) is 29.2 Å². The molecule has 1 unspecified atom stereocenters. The van der Waals surface area contributed by atoms with Crippen LogP contribution in [0.1, 0.15) is 19.4 Å². The molecule has 102 valence electrons. The van der Waals surface area contributed by atoms with Crippen LogP contribution in [-0.4, -0.2) is 22.7 Å². The van der Waals surface area contributed by atoms with E-state index in [9.17, 15) is 5.11 Å². The standard InChI is InChI=1S/C15H19ClN2O/c1-10(2)14(9-19)18-8-11-5-6-13(16)12-4-3-7-17-15(11)12/h3-7,10,14,18-19H,8-9H2,1-2H3. The Hall–Kier alpha value is -1.16. The summed E-state index contributed by atoms with van der Waals surface area (Å²) in [4.78, 5) is 4.40. The van der Waals surface area contributed by atoms with Gasteiger partial charge in [0.15, 0.2) is 0 Å². The zero-order valence-electron chi connectivity index (χ0n) is 11.2. The molecule has 0 saturated heterocycles. The van der Waals surface area contributed by atoms with Crippen LogP contribution < -0.4 is 5.32 Å². The van der Waals surface area contributed by atoms with E-state index in [0.717, 1.165) is 21.5 Å². The van der Waals surface area contributed by atoms with E-state index in [4.69, 9.17) is 11.6 Å². The van der Waals surface area contributed by atoms with Gasteiger partial charge < -0.3 is 10.4 Å². The Morgan fingerprint density at radius 1 is 1.32 bits per heavy atom. The molecule has 4 heteroatoms. The minimum Gasteiger partial charge on any atom is -0.395 e. The number of rotatable bonds is 5. The van der Waals surface area contributed by atoms with E-state index in [2.05, 4.69) is 24.1 Å². The molecule has 1 heterocycles. The highest BCUT2D eigenvalue weighted by Gasteiger charge is 2.12. The quantitative estimate of drug-likeness (QED) is 0.884. The van der Waals surface area contributed by atoms with Crippen LogP contribution in [0.15, 0.2) is 30.5 Å². The second-order valence-corrected chi connectivity index (χ2v) is 5.43. The average Bonchev–Trinajstić information content (AvgIpc) is 2.42. The maximum Gasteiger partial charge on any atom is 0.0761 e. The van der Waals surface area contributed by atoms with E-state index in [1.54, 1.807) is 6.20 Å². The largest absolute Gasteiger partial charge is 0.395 e. The molecule has 19 heavy (non-hydrogen) atoms. The van der Waals surface area contributed by atoms with Crippen molar-refractivity contribution in [1.82, 2.24) is 10.3 Å². The zero-order valence-corrected chi connectivity index (χ0v) is 12.0. The number of fused-ring (bicyclic) bond motifs is 1. The third-order valence-electron chi connectivity index (χ3n) is 3.36. The fourth-order valence-electron chi connectivity index (χ4n) is 2.09. The molecule has 1 aromatic heterocycles. The summed E-state index contributed by atoms with van der Waals surface area (Å²) in [5.74, 6) is 0.386. The Kier molecular flexibility index (Phi) is 4.75. The van der Waals surface area contributed by atoms with Crippen LogP contribution >= 0.6 is 11.6 Å². The van der Waals surface area contributed by atoms with Gasteiger partial charge in [-0.1, -0.05) is 31.5 Å². The molecule has 0 fully saturated rings. The third kappa shape index (κ3) is 3.24. The molecule has 2 rings (SSSR count). The number of aliphatic hydroxyl groups is 1. The van der Waals surface area contributed by atoms with Gasteiger partial charge in [-0.2, -0.15) is 0 Å². The molecule has 0 spiro atoms. The van der Waals surface area contributed by atoms with E-state index in [1.807, 2.05) is 24.3 Å². The first-order valence-electron chi connectivity index (χ1n) is 6.50. The summed E-state index contributed by atoms with van der Waals surface area (Å²) >= 11 is 6.17. The van der Waals surface area contributed by atoms with Gasteiger partial charge in [-0.3, -0.25) is 4.98 Å². The highest BCUT2D eigenvalue weighted by molar-refractivity contribution is 6.35. The summed E-state index contributed by atoms with van der Waals surface area (Å²) in [6.07, 6.45) is 1.77. The Morgan fingerprint density at radius 2 is 2.11 bits per heavy atom. The number of halogens is 1. The van der Waals surface area contributed by atoms with Crippen molar-refractivity contribution in [3.8, 4) is 0 Å². The molecule has 0 aliphatic heterocycles. The van der Waals surface area contributed by atoms with Gasteiger partial charge in [0.1, 0.15) is 0 Å². The minimum absolute atomic E-state index is 0.0921. The van der Waals surface area contributed by atoms with E-state index in [0.29, 0.717) is 12.5 Å². The summed E-state index contributed by atoms with van der Waals surface area (Å²) in [5, 5.41) is 14.4. The maximum atomic E-state index is 9.33. The van der Waals surface area contributed by atoms with Crippen molar-refractivity contribution in [3.63, 3.8) is 0 Å². The number of aliphatic hydroxyl groups excluding tert-OH is 1. The predicted octanol–water partition coefficient (Wildman–Crippen LogP) is 2.99. The first-order chi connectivity index (χ1) is 9.13. The lowest BCUT2D eigenvalue weighted by Crippen LogP contribution is -2.36. The fourth-order valence-corrected chi connectivity index (χ4v) is 2.31. The Balaban J connectivity index is 2.24. The average molecular weight is 279 g/mol. The number of benzene rings is 1. The Morgan fingerprint density at radius 3 is 2.79 bits per heavy atom. The van der Waals surface area contributed by atoms with Crippen LogP contribution in [0.25, 0.3) is 10.9 Å². The highest BCUT2D eigenvalue weighted by Crippen LogP contribution is 2.24. The van der Waals surface area contributed by atoms with E-state index in [1.165, 1.54) is 0 Å². The van der Waals surface area contributed by atoms with Crippen LogP contribution in [0.4, 0.5) is 0 Å². The molecule has 2 N–H and O–H groups in total. The van der Waals surface area contributed by atoms with Crippen molar-refractivity contribution in [3.05, 3.63) is 41.0 Å². The lowest BCUT2D eigenvalue weighted by Gasteiger charge is -2.20. The van der Waals surface area contributed by atoms with Gasteiger partial charge in [-0.25, -0.2) is 0 Å². The van der Waals surface area contributed by atoms with Crippen molar-refractivity contribution >= 4 is 22.5 Å². The molecule has 1 aromatic carbocycles. The van der Waals surface area contributed by atoms with Crippen LogP contribution in [0.5, 0.6) is 0 Å². The molecule has 0 aliphatic rings. The maximum absolute atomic E-state index is 9.33. The first-order valence-corrected chi connectivity index (χ1v) is 6.87. The second kappa shape index (κ2) is 6.33. The van der Waals surface area contributed by atoms with Gasteiger partial charge >= 0.3 is 0 Å². The number of hydrogen-bond acceptors (Lipinski definition) is 3. The molecular formula is C15H19ClN2O. The van der Waals surface area contributed by atoms with Crippen molar-refractivity contribution in [2.75, 3.05) is 6.61 Å². The summed E-state index contributed by atoms with van der Waals surface area (Å²) in [6.45, 7) is 4.99. The van der Waals surface area contributed by atoms with Crippen molar-refractivity contribution in [2.45, 2.75) is 26.4 Å². The van der Waals surface area contributed by atoms with Crippen LogP contribution in [0.3, 0.4) is 0 Å². The number of hydrogen-bond donors (Lipinski definition) is 2. The van der Waals surface area contributed by atoms with Crippen molar-refractivity contribution < 1.29 is 5.11 Å². The van der Waals surface area contributed by atoms with Crippen LogP contribution in [0.2, 0.25) is 5.02 Å². The molecule has 0 saturated carbocycles. The van der Waals surface area contributed by atoms with Gasteiger partial charge in [-0.05, 0) is 29.7 Å². The van der Waals surface area contributed by atoms with Crippen molar-refractivity contribution in [2.24, 2.45) is 5.92 Å². The SMILES string of the molecule is CC(C)C(CO)NCc1ccc(Cl)c2cccnc12. The van der Waals surface area contributed by atoms with Gasteiger partial charge in [0.05, 0.1) is 12.1 Å². The fraction of sp³-hybridized carbons (Fsp3) is 0.400. The van der Waals surface area contributed by atoms with Crippen molar-refractivity contribution in [1.29, 1.82) is 0 Å². The van der Waals surface area contributed by atoms with Gasteiger partial charge in [0.25, 0.3) is 0 Å². The summed E-state index contributed by atoms with van der Waals surface area (Å²) in [6, 6.07) is 7.83. The zero-order chi connectivity index (χ0) is 13.8. The molecule has 0 radical (unpaired) electrons. The number of pyridine rings is 1. The topological polar surface area (TPSA) is 45.1 Å². The van der Waals surface area contributed by atoms with E-state index >= 15 is 0 Å². The normalized spacial score (nSPS) is 13.1. The molecule has 0 bridgehead atoms. The molecule has 1 atom stereocenters. The van der Waals surface area contributed by atoms with E-state index in [-0.39, 0.29) is 12.6 Å². The Bertz CT molecular complexity index is 557. The highest BCUT2D eigenvalue weighted by atomic mass is 35.5. The first kappa shape index (κ1) is 14.3. The molecule has 0 aliphatic carbocycles. The Labute approximate surface area is 118 Å².